The number of oxazole rings is 1. The summed E-state index contributed by atoms with van der Waals surface area (Å²) in [6.45, 7) is 12.7. The van der Waals surface area contributed by atoms with Gasteiger partial charge in [0.05, 0.1) is 5.56 Å². The highest BCUT2D eigenvalue weighted by Gasteiger charge is 2.55. The average Bonchev–Trinajstić information content (AvgIpc) is 3.32. The molecule has 1 saturated heterocycles. The molecule has 1 atom stereocenters. The molecule has 1 aliphatic heterocycles. The van der Waals surface area contributed by atoms with Gasteiger partial charge >= 0.3 is 12.1 Å². The maximum atomic E-state index is 12.4. The molecule has 0 radical (unpaired) electrons. The molecule has 1 aliphatic carbocycles. The molecule has 2 aliphatic rings. The van der Waals surface area contributed by atoms with Crippen molar-refractivity contribution in [1.29, 1.82) is 0 Å². The summed E-state index contributed by atoms with van der Waals surface area (Å²) in [5.74, 6) is 0.661. The van der Waals surface area contributed by atoms with Crippen LogP contribution in [0, 0.1) is 5.41 Å². The van der Waals surface area contributed by atoms with E-state index in [0.717, 1.165) is 37.9 Å². The van der Waals surface area contributed by atoms with Crippen molar-refractivity contribution in [3.8, 4) is 11.5 Å². The van der Waals surface area contributed by atoms with Crippen LogP contribution in [0.5, 0.6) is 0 Å². The van der Waals surface area contributed by atoms with Gasteiger partial charge in [0.25, 0.3) is 0 Å². The van der Waals surface area contributed by atoms with Crippen LogP contribution in [0.2, 0.25) is 0 Å². The lowest BCUT2D eigenvalue weighted by molar-refractivity contribution is 0.00682. The Morgan fingerprint density at radius 2 is 1.59 bits per heavy atom. The summed E-state index contributed by atoms with van der Waals surface area (Å²) in [5, 5.41) is 0. The Hall–Kier alpha value is -3.35. The Bertz CT molecular complexity index is 1320. The number of hydrogen-bond donors (Lipinski definition) is 0. The number of carbonyl (C=O) groups excluding carboxylic acids is 2. The molecule has 2 heterocycles. The minimum Gasteiger partial charge on any atom is -0.456 e. The van der Waals surface area contributed by atoms with Crippen molar-refractivity contribution in [3.63, 3.8) is 0 Å². The largest absolute Gasteiger partial charge is 0.456 e. The lowest BCUT2D eigenvalue weighted by Gasteiger charge is -2.34. The molecule has 1 amide bonds. The first-order valence-corrected chi connectivity index (χ1v) is 13.0. The normalized spacial score (nSPS) is 19.2. The van der Waals surface area contributed by atoms with Gasteiger partial charge in [-0.25, -0.2) is 14.6 Å². The predicted octanol–water partition coefficient (Wildman–Crippen LogP) is 6.95. The third-order valence-electron chi connectivity index (χ3n) is 7.18. The first-order valence-electron chi connectivity index (χ1n) is 13.0. The molecule has 1 saturated carbocycles. The molecule has 2 aromatic carbocycles. The van der Waals surface area contributed by atoms with E-state index in [-0.39, 0.29) is 17.5 Å². The van der Waals surface area contributed by atoms with Crippen molar-refractivity contribution in [3.05, 3.63) is 53.6 Å². The number of carbonyl (C=O) groups is 2. The summed E-state index contributed by atoms with van der Waals surface area (Å²) in [4.78, 5) is 31.3. The van der Waals surface area contributed by atoms with Gasteiger partial charge in [0, 0.05) is 18.7 Å². The summed E-state index contributed by atoms with van der Waals surface area (Å²) in [6.07, 6.45) is 2.96. The van der Waals surface area contributed by atoms with E-state index >= 15 is 0 Å². The molecule has 196 valence electrons. The van der Waals surface area contributed by atoms with Gasteiger partial charge in [0.15, 0.2) is 5.58 Å². The second-order valence-electron chi connectivity index (χ2n) is 12.4. The molecular formula is C30H36N2O5. The molecule has 0 N–H and O–H groups in total. The summed E-state index contributed by atoms with van der Waals surface area (Å²) >= 11 is 0. The molecule has 7 heteroatoms. The van der Waals surface area contributed by atoms with E-state index in [9.17, 15) is 9.59 Å². The maximum absolute atomic E-state index is 12.4. The number of piperidine rings is 1. The van der Waals surface area contributed by atoms with Crippen molar-refractivity contribution in [1.82, 2.24) is 9.88 Å². The van der Waals surface area contributed by atoms with E-state index in [1.54, 1.807) is 18.2 Å². The van der Waals surface area contributed by atoms with Gasteiger partial charge in [0.2, 0.25) is 5.89 Å². The fraction of sp³-hybridized carbons (Fsp3) is 0.500. The van der Waals surface area contributed by atoms with E-state index in [2.05, 4.69) is 29.2 Å². The van der Waals surface area contributed by atoms with E-state index in [4.69, 9.17) is 13.9 Å². The van der Waals surface area contributed by atoms with Gasteiger partial charge in [-0.15, -0.1) is 0 Å². The number of amides is 1. The lowest BCUT2D eigenvalue weighted by Crippen LogP contribution is -2.42. The summed E-state index contributed by atoms with van der Waals surface area (Å²) < 4.78 is 17.0. The number of hydrogen-bond acceptors (Lipinski definition) is 6. The standard InChI is InChI=1S/C30H36N2O5/c1-28(2,3)36-26(33)21-11-12-23-24(17-21)35-25(31-23)20-9-7-19(8-10-20)22-18-30(22)13-15-32(16-14-30)27(34)37-29(4,5)6/h7-12,17,22H,13-16,18H2,1-6H3. The number of rotatable bonds is 3. The number of nitrogens with zero attached hydrogens (tertiary/aromatic N) is 2. The van der Waals surface area contributed by atoms with Crippen molar-refractivity contribution in [2.75, 3.05) is 13.1 Å². The van der Waals surface area contributed by atoms with E-state index in [1.807, 2.05) is 46.4 Å². The monoisotopic (exact) mass is 504 g/mol. The van der Waals surface area contributed by atoms with Crippen LogP contribution < -0.4 is 0 Å². The van der Waals surface area contributed by atoms with Crippen LogP contribution in [0.15, 0.2) is 46.9 Å². The minimum absolute atomic E-state index is 0.208. The van der Waals surface area contributed by atoms with Crippen molar-refractivity contribution in [2.45, 2.75) is 77.9 Å². The molecule has 1 spiro atoms. The molecule has 2 fully saturated rings. The number of aromatic nitrogens is 1. The number of likely N-dealkylation sites (tertiary alicyclic amines) is 1. The van der Waals surface area contributed by atoms with Gasteiger partial charge in [-0.3, -0.25) is 0 Å². The summed E-state index contributed by atoms with van der Waals surface area (Å²) in [5.41, 5.74) is 3.17. The Labute approximate surface area is 218 Å². The Morgan fingerprint density at radius 3 is 2.22 bits per heavy atom. The number of ether oxygens (including phenoxy) is 2. The second kappa shape index (κ2) is 8.89. The molecule has 1 unspecified atom stereocenters. The van der Waals surface area contributed by atoms with Gasteiger partial charge in [-0.05, 0) is 108 Å². The van der Waals surface area contributed by atoms with Crippen molar-refractivity contribution in [2.24, 2.45) is 5.41 Å². The topological polar surface area (TPSA) is 81.9 Å². The predicted molar refractivity (Wildman–Crippen MR) is 141 cm³/mol. The first-order chi connectivity index (χ1) is 17.3. The minimum atomic E-state index is -0.560. The lowest BCUT2D eigenvalue weighted by atomic mass is 9.88. The second-order valence-corrected chi connectivity index (χ2v) is 12.4. The zero-order valence-electron chi connectivity index (χ0n) is 22.6. The molecule has 0 bridgehead atoms. The fourth-order valence-corrected chi connectivity index (χ4v) is 5.20. The fourth-order valence-electron chi connectivity index (χ4n) is 5.20. The Balaban J connectivity index is 1.24. The molecule has 37 heavy (non-hydrogen) atoms. The van der Waals surface area contributed by atoms with Crippen LogP contribution in [-0.4, -0.2) is 46.2 Å². The van der Waals surface area contributed by atoms with Gasteiger partial charge < -0.3 is 18.8 Å². The zero-order chi connectivity index (χ0) is 26.6. The van der Waals surface area contributed by atoms with Crippen LogP contribution in [0.3, 0.4) is 0 Å². The Kier molecular flexibility index (Phi) is 6.08. The van der Waals surface area contributed by atoms with E-state index in [1.165, 1.54) is 5.56 Å². The maximum Gasteiger partial charge on any atom is 0.410 e. The number of fused-ring (bicyclic) bond motifs is 1. The summed E-state index contributed by atoms with van der Waals surface area (Å²) in [7, 11) is 0. The zero-order valence-corrected chi connectivity index (χ0v) is 22.6. The quantitative estimate of drug-likeness (QED) is 0.359. The summed E-state index contributed by atoms with van der Waals surface area (Å²) in [6, 6.07) is 13.6. The van der Waals surface area contributed by atoms with Crippen LogP contribution in [0.1, 0.15) is 82.6 Å². The van der Waals surface area contributed by atoms with Crippen LogP contribution in [0.25, 0.3) is 22.6 Å². The van der Waals surface area contributed by atoms with E-state index in [0.29, 0.717) is 28.5 Å². The van der Waals surface area contributed by atoms with Crippen molar-refractivity contribution >= 4 is 23.2 Å². The average molecular weight is 505 g/mol. The highest BCUT2D eigenvalue weighted by molar-refractivity contribution is 5.93. The highest BCUT2D eigenvalue weighted by Crippen LogP contribution is 2.65. The Morgan fingerprint density at radius 1 is 0.946 bits per heavy atom. The molecule has 3 aromatic rings. The van der Waals surface area contributed by atoms with Gasteiger partial charge in [0.1, 0.15) is 16.7 Å². The number of benzene rings is 2. The molecule has 7 nitrogen and oxygen atoms in total. The van der Waals surface area contributed by atoms with Crippen LogP contribution in [-0.2, 0) is 9.47 Å². The molecule has 1 aromatic heterocycles. The third-order valence-corrected chi connectivity index (χ3v) is 7.18. The highest BCUT2D eigenvalue weighted by atomic mass is 16.6. The van der Waals surface area contributed by atoms with Crippen LogP contribution in [0.4, 0.5) is 4.79 Å². The first kappa shape index (κ1) is 25.3. The SMILES string of the molecule is CC(C)(C)OC(=O)c1ccc2nc(-c3ccc(C4CC45CCN(C(=O)OC(C)(C)C)CC5)cc3)oc2c1. The molecular weight excluding hydrogens is 468 g/mol. The molecule has 5 rings (SSSR count). The number of esters is 1. The van der Waals surface area contributed by atoms with Gasteiger partial charge in [-0.1, -0.05) is 12.1 Å². The van der Waals surface area contributed by atoms with Gasteiger partial charge in [-0.2, -0.15) is 0 Å². The third kappa shape index (κ3) is 5.50. The van der Waals surface area contributed by atoms with E-state index < -0.39 is 11.2 Å². The van der Waals surface area contributed by atoms with Crippen LogP contribution >= 0.6 is 0 Å². The smallest absolute Gasteiger partial charge is 0.410 e. The van der Waals surface area contributed by atoms with Crippen molar-refractivity contribution < 1.29 is 23.5 Å².